The summed E-state index contributed by atoms with van der Waals surface area (Å²) in [6.07, 6.45) is 4.53. The average molecular weight is 289 g/mol. The number of carbonyl (C=O) groups is 1. The van der Waals surface area contributed by atoms with Crippen LogP contribution >= 0.6 is 0 Å². The Balaban J connectivity index is 1.52. The van der Waals surface area contributed by atoms with Crippen molar-refractivity contribution in [2.45, 2.75) is 26.2 Å². The Morgan fingerprint density at radius 2 is 2.38 bits per heavy atom. The van der Waals surface area contributed by atoms with E-state index in [-0.39, 0.29) is 11.3 Å². The van der Waals surface area contributed by atoms with Crippen molar-refractivity contribution in [3.05, 3.63) is 23.9 Å². The van der Waals surface area contributed by atoms with Gasteiger partial charge in [0.1, 0.15) is 5.82 Å². The van der Waals surface area contributed by atoms with Crippen LogP contribution < -0.4 is 5.32 Å². The molecule has 1 aromatic heterocycles. The number of hydrogen-bond donors (Lipinski definition) is 1. The molecule has 0 aliphatic carbocycles. The molecule has 0 bridgehead atoms. The number of aromatic nitrogens is 1. The van der Waals surface area contributed by atoms with Gasteiger partial charge < -0.3 is 15.0 Å². The number of pyridine rings is 1. The number of rotatable bonds is 4. The van der Waals surface area contributed by atoms with Crippen LogP contribution in [0.2, 0.25) is 0 Å². The number of likely N-dealkylation sites (tertiary alicyclic amines) is 1. The lowest BCUT2D eigenvalue weighted by atomic mass is 9.79. The quantitative estimate of drug-likeness (QED) is 0.919. The molecule has 5 heteroatoms. The molecule has 1 spiro atoms. The number of amides is 1. The Bertz CT molecular complexity index is 512. The second-order valence-corrected chi connectivity index (χ2v) is 6.26. The van der Waals surface area contributed by atoms with Crippen molar-refractivity contribution in [1.29, 1.82) is 0 Å². The molecule has 114 valence electrons. The molecule has 0 saturated carbocycles. The highest BCUT2D eigenvalue weighted by Gasteiger charge is 2.41. The van der Waals surface area contributed by atoms with E-state index in [0.29, 0.717) is 6.42 Å². The van der Waals surface area contributed by atoms with E-state index in [4.69, 9.17) is 4.74 Å². The van der Waals surface area contributed by atoms with Crippen molar-refractivity contribution >= 4 is 11.7 Å². The SMILES string of the molecule is Cc1ccnc(NCCN2CC3(CCOC3)CCC2=O)c1. The van der Waals surface area contributed by atoms with E-state index in [1.165, 1.54) is 5.56 Å². The summed E-state index contributed by atoms with van der Waals surface area (Å²) in [7, 11) is 0. The standard InChI is InChI=1S/C16H23N3O2/c1-13-3-6-17-14(10-13)18-7-8-19-11-16(4-2-15(19)20)5-9-21-12-16/h3,6,10H,2,4-5,7-9,11-12H2,1H3,(H,17,18). The molecule has 1 unspecified atom stereocenters. The highest BCUT2D eigenvalue weighted by atomic mass is 16.5. The minimum Gasteiger partial charge on any atom is -0.381 e. The Kier molecular flexibility index (Phi) is 4.10. The van der Waals surface area contributed by atoms with E-state index in [1.807, 2.05) is 24.0 Å². The highest BCUT2D eigenvalue weighted by molar-refractivity contribution is 5.77. The van der Waals surface area contributed by atoms with Crippen LogP contribution in [0.1, 0.15) is 24.8 Å². The normalized spacial score (nSPS) is 25.6. The van der Waals surface area contributed by atoms with Crippen LogP contribution in [-0.2, 0) is 9.53 Å². The molecular weight excluding hydrogens is 266 g/mol. The van der Waals surface area contributed by atoms with E-state index in [0.717, 1.165) is 51.5 Å². The third kappa shape index (κ3) is 3.35. The molecule has 3 rings (SSSR count). The van der Waals surface area contributed by atoms with Gasteiger partial charge in [-0.25, -0.2) is 4.98 Å². The molecule has 0 aromatic carbocycles. The van der Waals surface area contributed by atoms with E-state index in [9.17, 15) is 4.79 Å². The van der Waals surface area contributed by atoms with E-state index in [1.54, 1.807) is 6.20 Å². The van der Waals surface area contributed by atoms with Gasteiger partial charge in [-0.1, -0.05) is 0 Å². The first-order valence-electron chi connectivity index (χ1n) is 7.69. The van der Waals surface area contributed by atoms with Crippen molar-refractivity contribution in [1.82, 2.24) is 9.88 Å². The molecular formula is C16H23N3O2. The second kappa shape index (κ2) is 6.02. The fourth-order valence-electron chi connectivity index (χ4n) is 3.23. The van der Waals surface area contributed by atoms with Gasteiger partial charge in [-0.15, -0.1) is 0 Å². The number of ether oxygens (including phenoxy) is 1. The van der Waals surface area contributed by atoms with Crippen LogP contribution in [0, 0.1) is 12.3 Å². The molecule has 2 aliphatic rings. The molecule has 2 aliphatic heterocycles. The zero-order valence-electron chi connectivity index (χ0n) is 12.6. The van der Waals surface area contributed by atoms with Crippen molar-refractivity contribution < 1.29 is 9.53 Å². The molecule has 2 saturated heterocycles. The maximum Gasteiger partial charge on any atom is 0.222 e. The van der Waals surface area contributed by atoms with Gasteiger partial charge in [0.25, 0.3) is 0 Å². The van der Waals surface area contributed by atoms with Crippen molar-refractivity contribution in [2.24, 2.45) is 5.41 Å². The Morgan fingerprint density at radius 3 is 3.14 bits per heavy atom. The fourth-order valence-corrected chi connectivity index (χ4v) is 3.23. The summed E-state index contributed by atoms with van der Waals surface area (Å²) >= 11 is 0. The predicted octanol–water partition coefficient (Wildman–Crippen LogP) is 1.83. The summed E-state index contributed by atoms with van der Waals surface area (Å²) in [5.41, 5.74) is 1.40. The molecule has 1 atom stereocenters. The van der Waals surface area contributed by atoms with Crippen molar-refractivity contribution in [3.63, 3.8) is 0 Å². The minimum atomic E-state index is 0.218. The summed E-state index contributed by atoms with van der Waals surface area (Å²) in [5.74, 6) is 1.14. The summed E-state index contributed by atoms with van der Waals surface area (Å²) in [5, 5.41) is 3.30. The van der Waals surface area contributed by atoms with Crippen molar-refractivity contribution in [2.75, 3.05) is 38.2 Å². The first-order chi connectivity index (χ1) is 10.2. The summed E-state index contributed by atoms with van der Waals surface area (Å²) in [6.45, 7) is 6.01. The van der Waals surface area contributed by atoms with Gasteiger partial charge in [0.15, 0.2) is 0 Å². The lowest BCUT2D eigenvalue weighted by molar-refractivity contribution is -0.137. The molecule has 1 aromatic rings. The van der Waals surface area contributed by atoms with Crippen LogP contribution in [0.5, 0.6) is 0 Å². The van der Waals surface area contributed by atoms with Gasteiger partial charge in [0.2, 0.25) is 5.91 Å². The smallest absolute Gasteiger partial charge is 0.222 e. The highest BCUT2D eigenvalue weighted by Crippen LogP contribution is 2.37. The minimum absolute atomic E-state index is 0.218. The van der Waals surface area contributed by atoms with Gasteiger partial charge in [-0.3, -0.25) is 4.79 Å². The third-order valence-corrected chi connectivity index (χ3v) is 4.54. The lowest BCUT2D eigenvalue weighted by Gasteiger charge is -2.39. The number of carbonyl (C=O) groups excluding carboxylic acids is 1. The lowest BCUT2D eigenvalue weighted by Crippen LogP contribution is -2.48. The van der Waals surface area contributed by atoms with Crippen LogP contribution in [0.15, 0.2) is 18.3 Å². The number of anilines is 1. The first-order valence-corrected chi connectivity index (χ1v) is 7.69. The molecule has 21 heavy (non-hydrogen) atoms. The molecule has 0 radical (unpaired) electrons. The molecule has 1 amide bonds. The van der Waals surface area contributed by atoms with Crippen LogP contribution in [0.4, 0.5) is 5.82 Å². The molecule has 5 nitrogen and oxygen atoms in total. The van der Waals surface area contributed by atoms with Crippen LogP contribution in [0.25, 0.3) is 0 Å². The predicted molar refractivity (Wildman–Crippen MR) is 81.1 cm³/mol. The molecule has 3 heterocycles. The summed E-state index contributed by atoms with van der Waals surface area (Å²) in [4.78, 5) is 18.3. The van der Waals surface area contributed by atoms with Gasteiger partial charge in [0.05, 0.1) is 6.61 Å². The number of nitrogens with zero attached hydrogens (tertiary/aromatic N) is 2. The maximum absolute atomic E-state index is 12.1. The Hall–Kier alpha value is -1.62. The maximum atomic E-state index is 12.1. The first kappa shape index (κ1) is 14.3. The van der Waals surface area contributed by atoms with E-state index in [2.05, 4.69) is 10.3 Å². The zero-order chi connectivity index (χ0) is 14.7. The van der Waals surface area contributed by atoms with Crippen LogP contribution in [-0.4, -0.2) is 48.6 Å². The molecule has 1 N–H and O–H groups in total. The number of hydrogen-bond acceptors (Lipinski definition) is 4. The largest absolute Gasteiger partial charge is 0.381 e. The number of aryl methyl sites for hydroxylation is 1. The van der Waals surface area contributed by atoms with Gasteiger partial charge in [-0.05, 0) is 37.5 Å². The van der Waals surface area contributed by atoms with Gasteiger partial charge >= 0.3 is 0 Å². The fraction of sp³-hybridized carbons (Fsp3) is 0.625. The van der Waals surface area contributed by atoms with Gasteiger partial charge in [0, 0.05) is 44.3 Å². The Labute approximate surface area is 125 Å². The summed E-state index contributed by atoms with van der Waals surface area (Å²) in [6, 6.07) is 3.99. The zero-order valence-corrected chi connectivity index (χ0v) is 12.6. The van der Waals surface area contributed by atoms with E-state index < -0.39 is 0 Å². The molecule has 2 fully saturated rings. The average Bonchev–Trinajstić information content (AvgIpc) is 2.91. The van der Waals surface area contributed by atoms with E-state index >= 15 is 0 Å². The number of nitrogens with one attached hydrogen (secondary N) is 1. The summed E-state index contributed by atoms with van der Waals surface area (Å²) < 4.78 is 5.54. The third-order valence-electron chi connectivity index (χ3n) is 4.54. The van der Waals surface area contributed by atoms with Crippen molar-refractivity contribution in [3.8, 4) is 0 Å². The van der Waals surface area contributed by atoms with Crippen LogP contribution in [0.3, 0.4) is 0 Å². The second-order valence-electron chi connectivity index (χ2n) is 6.26. The topological polar surface area (TPSA) is 54.5 Å². The van der Waals surface area contributed by atoms with Gasteiger partial charge in [-0.2, -0.15) is 0 Å². The monoisotopic (exact) mass is 289 g/mol. The number of piperidine rings is 1. The Morgan fingerprint density at radius 1 is 1.48 bits per heavy atom.